The summed E-state index contributed by atoms with van der Waals surface area (Å²) in [6.07, 6.45) is 4.57. The lowest BCUT2D eigenvalue weighted by Crippen LogP contribution is -2.65. The zero-order valence-corrected chi connectivity index (χ0v) is 12.1. The van der Waals surface area contributed by atoms with E-state index in [1.165, 1.54) is 0 Å². The van der Waals surface area contributed by atoms with Gasteiger partial charge in [-0.25, -0.2) is 0 Å². The number of aliphatic carboxylic acids is 1. The van der Waals surface area contributed by atoms with Crippen molar-refractivity contribution >= 4 is 24.6 Å². The van der Waals surface area contributed by atoms with E-state index in [0.717, 1.165) is 32.1 Å². The summed E-state index contributed by atoms with van der Waals surface area (Å²) >= 11 is 0. The maximum Gasteiger partial charge on any atom is 0.598 e. The van der Waals surface area contributed by atoms with Crippen LogP contribution < -0.4 is 0 Å². The fourth-order valence-electron chi connectivity index (χ4n) is 4.38. The van der Waals surface area contributed by atoms with E-state index in [1.807, 2.05) is 0 Å². The Bertz CT molecular complexity index is 481. The summed E-state index contributed by atoms with van der Waals surface area (Å²) in [5.41, 5.74) is 0. The Morgan fingerprint density at radius 1 is 1.19 bits per heavy atom. The number of quaternary nitrogens is 1. The van der Waals surface area contributed by atoms with Gasteiger partial charge < -0.3 is 18.8 Å². The Morgan fingerprint density at radius 3 is 2.19 bits per heavy atom. The predicted octanol–water partition coefficient (Wildman–Crippen LogP) is 0.521. The van der Waals surface area contributed by atoms with Crippen LogP contribution in [0, 0.1) is 5.92 Å². The molecule has 1 aliphatic carbocycles. The second-order valence-electron chi connectivity index (χ2n) is 6.77. The molecule has 7 nitrogen and oxygen atoms in total. The number of carbonyl (C=O) groups is 3. The van der Waals surface area contributed by atoms with Gasteiger partial charge in [0.15, 0.2) is 0 Å². The first-order chi connectivity index (χ1) is 9.88. The van der Waals surface area contributed by atoms with Gasteiger partial charge in [-0.05, 0) is 5.92 Å². The van der Waals surface area contributed by atoms with E-state index in [4.69, 9.17) is 9.31 Å². The van der Waals surface area contributed by atoms with Crippen LogP contribution in [0.15, 0.2) is 0 Å². The molecule has 2 aliphatic heterocycles. The van der Waals surface area contributed by atoms with Gasteiger partial charge in [-0.3, -0.25) is 14.4 Å². The molecule has 1 saturated carbocycles. The predicted molar refractivity (Wildman–Crippen MR) is 71.8 cm³/mol. The zero-order chi connectivity index (χ0) is 15.3. The Morgan fingerprint density at radius 2 is 1.71 bits per heavy atom. The minimum absolute atomic E-state index is 0.00222. The molecule has 0 radical (unpaired) electrons. The van der Waals surface area contributed by atoms with Crippen molar-refractivity contribution in [3.63, 3.8) is 0 Å². The van der Waals surface area contributed by atoms with Gasteiger partial charge in [-0.2, -0.15) is 0 Å². The maximum atomic E-state index is 11.9. The monoisotopic (exact) mass is 297 g/mol. The van der Waals surface area contributed by atoms with Gasteiger partial charge in [0.2, 0.25) is 0 Å². The second kappa shape index (κ2) is 4.73. The van der Waals surface area contributed by atoms with Crippen molar-refractivity contribution in [2.45, 2.75) is 37.9 Å². The van der Waals surface area contributed by atoms with Crippen molar-refractivity contribution in [1.29, 1.82) is 0 Å². The average molecular weight is 297 g/mol. The number of nitrogens with zero attached hydrogens (tertiary/aromatic N) is 1. The molecular formula is C13H20BNO6. The molecule has 1 unspecified atom stereocenters. The first-order valence-corrected chi connectivity index (χ1v) is 7.53. The van der Waals surface area contributed by atoms with E-state index in [1.54, 1.807) is 7.05 Å². The van der Waals surface area contributed by atoms with Crippen LogP contribution in [0.2, 0.25) is 5.82 Å². The lowest BCUT2D eigenvalue weighted by Gasteiger charge is -2.45. The van der Waals surface area contributed by atoms with Crippen molar-refractivity contribution in [2.24, 2.45) is 5.92 Å². The summed E-state index contributed by atoms with van der Waals surface area (Å²) in [6.45, 7) is -2.49. The average Bonchev–Trinajstić information content (AvgIpc) is 2.73. The van der Waals surface area contributed by atoms with E-state index in [0.29, 0.717) is 0 Å². The van der Waals surface area contributed by atoms with Gasteiger partial charge in [0.25, 0.3) is 5.97 Å². The van der Waals surface area contributed by atoms with Crippen molar-refractivity contribution in [1.82, 2.24) is 0 Å². The van der Waals surface area contributed by atoms with Crippen LogP contribution in [0.5, 0.6) is 0 Å². The van der Waals surface area contributed by atoms with Gasteiger partial charge in [-0.1, -0.05) is 32.1 Å². The third-order valence-corrected chi connectivity index (χ3v) is 5.35. The van der Waals surface area contributed by atoms with E-state index >= 15 is 0 Å². The minimum Gasteiger partial charge on any atom is -0.600 e. The smallest absolute Gasteiger partial charge is 0.598 e. The second-order valence-corrected chi connectivity index (χ2v) is 6.77. The third kappa shape index (κ3) is 2.04. The molecule has 1 N–H and O–H groups in total. The molecule has 3 aliphatic rings. The number of rotatable bonds is 3. The zero-order valence-electron chi connectivity index (χ0n) is 12.1. The first-order valence-electron chi connectivity index (χ1n) is 7.53. The molecule has 0 aromatic rings. The standard InChI is InChI=1S/C13H20BNO6/c1-15-7-10(16)20-14(15,21-11(17)8-15)12(13(18)19)9-5-3-2-4-6-9/h9,12H,2-8H2,1H3,(H,18,19). The highest BCUT2D eigenvalue weighted by Crippen LogP contribution is 2.48. The van der Waals surface area contributed by atoms with E-state index in [-0.39, 0.29) is 23.4 Å². The molecule has 2 saturated heterocycles. The maximum absolute atomic E-state index is 11.9. The van der Waals surface area contributed by atoms with Crippen LogP contribution in [0.3, 0.4) is 0 Å². The third-order valence-electron chi connectivity index (χ3n) is 5.35. The van der Waals surface area contributed by atoms with Crippen molar-refractivity contribution < 1.29 is 33.2 Å². The van der Waals surface area contributed by atoms with Gasteiger partial charge in [-0.15, -0.1) is 0 Å². The number of hydrogen-bond acceptors (Lipinski definition) is 5. The molecule has 0 aromatic heterocycles. The minimum atomic E-state index is -2.49. The quantitative estimate of drug-likeness (QED) is 0.764. The molecule has 8 heteroatoms. The topological polar surface area (TPSA) is 89.9 Å². The Kier molecular flexibility index (Phi) is 3.24. The van der Waals surface area contributed by atoms with Crippen LogP contribution in [-0.2, 0) is 23.7 Å². The van der Waals surface area contributed by atoms with E-state index in [9.17, 15) is 19.5 Å². The molecule has 2 heterocycles. The Labute approximate surface area is 122 Å². The summed E-state index contributed by atoms with van der Waals surface area (Å²) in [7, 11) is 1.69. The molecule has 0 spiro atoms. The molecule has 0 aromatic carbocycles. The molecule has 3 rings (SSSR count). The summed E-state index contributed by atoms with van der Waals surface area (Å²) in [4.78, 5) is 35.5. The highest BCUT2D eigenvalue weighted by molar-refractivity contribution is 6.70. The van der Waals surface area contributed by atoms with E-state index < -0.39 is 30.4 Å². The van der Waals surface area contributed by atoms with Crippen molar-refractivity contribution in [2.75, 3.05) is 20.1 Å². The number of fused-ring (bicyclic) bond motifs is 1. The number of hydrogen-bond donors (Lipinski definition) is 1. The Balaban J connectivity index is 2.01. The lowest BCUT2D eigenvalue weighted by molar-refractivity contribution is -0.794. The molecule has 0 amide bonds. The van der Waals surface area contributed by atoms with Crippen LogP contribution in [0.4, 0.5) is 0 Å². The largest absolute Gasteiger partial charge is 0.600 e. The van der Waals surface area contributed by atoms with E-state index in [2.05, 4.69) is 0 Å². The first kappa shape index (κ1) is 14.4. The molecular weight excluding hydrogens is 277 g/mol. The fourth-order valence-corrected chi connectivity index (χ4v) is 4.38. The molecule has 116 valence electrons. The number of carbonyl (C=O) groups excluding carboxylic acids is 2. The summed E-state index contributed by atoms with van der Waals surface area (Å²) < 4.78 is 10.7. The van der Waals surface area contributed by atoms with Crippen LogP contribution >= 0.6 is 0 Å². The summed E-state index contributed by atoms with van der Waals surface area (Å²) in [6, 6.07) is 0. The normalized spacial score (nSPS) is 37.8. The Hall–Kier alpha value is -1.57. The SMILES string of the molecule is C[N+]12CC(=O)O[B-]1(C(C(=O)O)C1CCCCC1)OC(=O)C2. The fraction of sp³-hybridized carbons (Fsp3) is 0.769. The van der Waals surface area contributed by atoms with Crippen LogP contribution in [0.1, 0.15) is 32.1 Å². The van der Waals surface area contributed by atoms with Crippen molar-refractivity contribution in [3.05, 3.63) is 0 Å². The molecule has 1 atom stereocenters. The molecule has 3 fully saturated rings. The summed E-state index contributed by atoms with van der Waals surface area (Å²) in [5, 5.41) is 9.74. The highest BCUT2D eigenvalue weighted by Gasteiger charge is 2.72. The van der Waals surface area contributed by atoms with Gasteiger partial charge >= 0.3 is 18.6 Å². The lowest BCUT2D eigenvalue weighted by atomic mass is 9.49. The number of carboxylic acid groups (broad SMARTS) is 1. The summed E-state index contributed by atoms with van der Waals surface area (Å²) in [5.74, 6) is -3.03. The number of carboxylic acids is 1. The van der Waals surface area contributed by atoms with Gasteiger partial charge in [0, 0.05) is 7.05 Å². The van der Waals surface area contributed by atoms with Crippen LogP contribution in [0.25, 0.3) is 0 Å². The van der Waals surface area contributed by atoms with Gasteiger partial charge in [0.05, 0.1) is 5.82 Å². The van der Waals surface area contributed by atoms with Crippen LogP contribution in [-0.4, -0.2) is 54.2 Å². The van der Waals surface area contributed by atoms with Crippen molar-refractivity contribution in [3.8, 4) is 0 Å². The molecule has 0 bridgehead atoms. The van der Waals surface area contributed by atoms with Gasteiger partial charge in [0.1, 0.15) is 13.1 Å². The number of likely N-dealkylation sites (N-methyl/N-ethyl adjacent to an activating group) is 1. The highest BCUT2D eigenvalue weighted by atomic mass is 16.7. The molecule has 21 heavy (non-hydrogen) atoms.